The Kier molecular flexibility index (Phi) is 5.58. The van der Waals surface area contributed by atoms with Gasteiger partial charge >= 0.3 is 0 Å². The molecule has 6 heteroatoms. The minimum Gasteiger partial charge on any atom is -0.506 e. The Labute approximate surface area is 210 Å². The molecule has 0 amide bonds. The number of benzene rings is 3. The maximum atomic E-state index is 10.3. The molecule has 0 aliphatic rings. The number of hydrogen-bond donors (Lipinski definition) is 1. The fourth-order valence-electron chi connectivity index (χ4n) is 4.47. The van der Waals surface area contributed by atoms with Gasteiger partial charge in [0.1, 0.15) is 17.1 Å². The summed E-state index contributed by atoms with van der Waals surface area (Å²) in [4.78, 5) is 9.11. The molecule has 0 aliphatic heterocycles. The first-order chi connectivity index (χ1) is 16.1. The monoisotopic (exact) mass is 625 g/mol. The van der Waals surface area contributed by atoms with E-state index < -0.39 is 0 Å². The second kappa shape index (κ2) is 8.58. The van der Waals surface area contributed by atoms with Crippen LogP contribution in [0.3, 0.4) is 0 Å². The molecule has 34 heavy (non-hydrogen) atoms. The number of hydrogen-bond acceptors (Lipinski definition) is 4. The van der Waals surface area contributed by atoms with Crippen molar-refractivity contribution in [1.82, 2.24) is 14.5 Å². The molecule has 0 radical (unpaired) electrons. The van der Waals surface area contributed by atoms with Gasteiger partial charge in [0.05, 0.1) is 0 Å². The summed E-state index contributed by atoms with van der Waals surface area (Å²) in [5.41, 5.74) is 4.52. The Balaban J connectivity index is 0.00000241. The number of aromatic nitrogens is 3. The molecule has 6 rings (SSSR count). The van der Waals surface area contributed by atoms with Crippen molar-refractivity contribution >= 4 is 32.7 Å². The third-order valence-corrected chi connectivity index (χ3v) is 5.84. The molecule has 0 saturated carbocycles. The fraction of sp³-hybridized carbons (Fsp3) is 0.0714. The number of para-hydroxylation sites is 1. The second-order valence-corrected chi connectivity index (χ2v) is 8.19. The Morgan fingerprint density at radius 1 is 0.941 bits per heavy atom. The first-order valence-corrected chi connectivity index (χ1v) is 10.7. The molecule has 3 heterocycles. The zero-order chi connectivity index (χ0) is 22.5. The van der Waals surface area contributed by atoms with Crippen LogP contribution in [0.5, 0.6) is 17.4 Å². The van der Waals surface area contributed by atoms with E-state index in [0.29, 0.717) is 17.1 Å². The van der Waals surface area contributed by atoms with E-state index in [9.17, 15) is 5.11 Å². The summed E-state index contributed by atoms with van der Waals surface area (Å²) in [6.45, 7) is 4.01. The number of nitrogens with zero attached hydrogens (tertiary/aromatic N) is 3. The third-order valence-electron chi connectivity index (χ3n) is 5.84. The maximum absolute atomic E-state index is 10.3. The van der Waals surface area contributed by atoms with Crippen molar-refractivity contribution in [3.63, 3.8) is 0 Å². The van der Waals surface area contributed by atoms with Gasteiger partial charge in [-0.2, -0.15) is 0 Å². The van der Waals surface area contributed by atoms with Crippen LogP contribution < -0.4 is 4.74 Å². The van der Waals surface area contributed by atoms with Crippen LogP contribution in [0.4, 0.5) is 0 Å². The van der Waals surface area contributed by atoms with E-state index in [0.717, 1.165) is 44.1 Å². The van der Waals surface area contributed by atoms with Crippen LogP contribution in [0.1, 0.15) is 11.1 Å². The van der Waals surface area contributed by atoms with Gasteiger partial charge in [-0.3, -0.25) is 0 Å². The molecule has 1 N–H and O–H groups in total. The van der Waals surface area contributed by atoms with Crippen molar-refractivity contribution in [2.75, 3.05) is 0 Å². The predicted molar refractivity (Wildman–Crippen MR) is 130 cm³/mol. The van der Waals surface area contributed by atoms with Gasteiger partial charge in [-0.25, -0.2) is 9.97 Å². The van der Waals surface area contributed by atoms with Crippen LogP contribution in [0.25, 0.3) is 38.5 Å². The van der Waals surface area contributed by atoms with Crippen LogP contribution in [-0.4, -0.2) is 19.6 Å². The van der Waals surface area contributed by atoms with Gasteiger partial charge < -0.3 is 14.4 Å². The minimum absolute atomic E-state index is 0. The van der Waals surface area contributed by atoms with Gasteiger partial charge in [-0.05, 0) is 54.3 Å². The van der Waals surface area contributed by atoms with E-state index in [1.54, 1.807) is 12.3 Å². The summed E-state index contributed by atoms with van der Waals surface area (Å²) in [5, 5.41) is 13.5. The molecule has 0 atom stereocenters. The molecule has 0 saturated heterocycles. The van der Waals surface area contributed by atoms with E-state index in [4.69, 9.17) is 4.74 Å². The number of aromatic hydroxyl groups is 1. The van der Waals surface area contributed by atoms with Crippen LogP contribution in [0.15, 0.2) is 79.0 Å². The molecule has 5 nitrogen and oxygen atoms in total. The fourth-order valence-corrected chi connectivity index (χ4v) is 4.47. The SMILES string of the molecule is Cc1cc(O)c2nc(Oc3[c-]c4c(c(C)c3)c3ccccc3n4-c3ccccn3)ccc2c1.[Pt]. The molecular formula is C28H20N3O2Pt-. The van der Waals surface area contributed by atoms with Gasteiger partial charge in [0, 0.05) is 50.0 Å². The number of aryl methyl sites for hydroxylation is 2. The Morgan fingerprint density at radius 3 is 2.59 bits per heavy atom. The van der Waals surface area contributed by atoms with Crippen molar-refractivity contribution in [2.45, 2.75) is 13.8 Å². The van der Waals surface area contributed by atoms with Crippen molar-refractivity contribution in [2.24, 2.45) is 0 Å². The third kappa shape index (κ3) is 3.63. The first kappa shape index (κ1) is 22.1. The molecule has 0 aliphatic carbocycles. The molecule has 0 spiro atoms. The number of fused-ring (bicyclic) bond motifs is 4. The van der Waals surface area contributed by atoms with Crippen molar-refractivity contribution in [3.8, 4) is 23.2 Å². The summed E-state index contributed by atoms with van der Waals surface area (Å²) in [6.07, 6.45) is 1.79. The molecule has 0 unspecified atom stereocenters. The molecule has 0 fully saturated rings. The van der Waals surface area contributed by atoms with Gasteiger partial charge in [0.15, 0.2) is 0 Å². The van der Waals surface area contributed by atoms with E-state index in [-0.39, 0.29) is 26.8 Å². The predicted octanol–water partition coefficient (Wildman–Crippen LogP) is 6.64. The van der Waals surface area contributed by atoms with E-state index >= 15 is 0 Å². The second-order valence-electron chi connectivity index (χ2n) is 8.19. The summed E-state index contributed by atoms with van der Waals surface area (Å²) in [5.74, 6) is 1.91. The van der Waals surface area contributed by atoms with Crippen LogP contribution in [0, 0.1) is 19.9 Å². The zero-order valence-electron chi connectivity index (χ0n) is 18.5. The van der Waals surface area contributed by atoms with E-state index in [2.05, 4.69) is 39.7 Å². The molecule has 6 aromatic rings. The molecule has 3 aromatic heterocycles. The number of rotatable bonds is 3. The maximum Gasteiger partial charge on any atom is 0.217 e. The van der Waals surface area contributed by atoms with Gasteiger partial charge in [0.25, 0.3) is 0 Å². The number of pyridine rings is 2. The van der Waals surface area contributed by atoms with Crippen LogP contribution in [-0.2, 0) is 21.1 Å². The van der Waals surface area contributed by atoms with Crippen LogP contribution >= 0.6 is 0 Å². The minimum atomic E-state index is 0. The average molecular weight is 626 g/mol. The summed E-state index contributed by atoms with van der Waals surface area (Å²) < 4.78 is 8.24. The van der Waals surface area contributed by atoms with Gasteiger partial charge in [-0.15, -0.1) is 17.7 Å². The van der Waals surface area contributed by atoms with Gasteiger partial charge in [0.2, 0.25) is 5.88 Å². The zero-order valence-corrected chi connectivity index (χ0v) is 20.8. The molecule has 170 valence electrons. The van der Waals surface area contributed by atoms with Crippen LogP contribution in [0.2, 0.25) is 0 Å². The molecular weight excluding hydrogens is 605 g/mol. The summed E-state index contributed by atoms with van der Waals surface area (Å²) in [7, 11) is 0. The van der Waals surface area contributed by atoms with Crippen molar-refractivity contribution in [3.05, 3.63) is 96.2 Å². The smallest absolute Gasteiger partial charge is 0.217 e. The summed E-state index contributed by atoms with van der Waals surface area (Å²) >= 11 is 0. The van der Waals surface area contributed by atoms with Gasteiger partial charge in [-0.1, -0.05) is 42.1 Å². The Morgan fingerprint density at radius 2 is 1.76 bits per heavy atom. The number of phenols is 1. The first-order valence-electron chi connectivity index (χ1n) is 10.7. The molecule has 3 aromatic carbocycles. The van der Waals surface area contributed by atoms with E-state index in [1.807, 2.05) is 61.5 Å². The number of phenolic OH excluding ortho intramolecular Hbond substituents is 1. The Hall–Kier alpha value is -3.69. The average Bonchev–Trinajstić information content (AvgIpc) is 3.14. The topological polar surface area (TPSA) is 60.2 Å². The normalized spacial score (nSPS) is 11.1. The Bertz CT molecular complexity index is 1680. The van der Waals surface area contributed by atoms with Crippen molar-refractivity contribution in [1.29, 1.82) is 0 Å². The molecule has 0 bridgehead atoms. The standard InChI is InChI=1S/C28H20N3O2.Pt/c1-17-13-19-10-11-26(30-28(19)24(32)14-17)33-20-15-18(2)27-21-7-3-4-8-22(21)31(23(27)16-20)25-9-5-6-12-29-25;/h3-15,32H,1-2H3;/q-1;. The van der Waals surface area contributed by atoms with E-state index in [1.165, 1.54) is 0 Å². The van der Waals surface area contributed by atoms with Crippen molar-refractivity contribution < 1.29 is 30.9 Å². The summed E-state index contributed by atoms with van der Waals surface area (Å²) in [6, 6.07) is 27.0. The quantitative estimate of drug-likeness (QED) is 0.224. The largest absolute Gasteiger partial charge is 0.506 e. The number of ether oxygens (including phenoxy) is 1.